The molecule has 3 saturated carbocycles. The Morgan fingerprint density at radius 1 is 1.02 bits per heavy atom. The number of allylic oxidation sites excluding steroid dienone is 2. The monoisotopic (exact) mass is 664 g/mol. The minimum absolute atomic E-state index is 0.0290. The normalized spacial score (nSPS) is 48.9. The molecular weight excluding hydrogens is 608 g/mol. The van der Waals surface area contributed by atoms with Crippen LogP contribution in [-0.2, 0) is 19.1 Å². The van der Waals surface area contributed by atoms with E-state index in [1.54, 1.807) is 0 Å². The third-order valence-corrected chi connectivity index (χ3v) is 13.7. The van der Waals surface area contributed by atoms with Crippen molar-refractivity contribution in [1.82, 2.24) is 0 Å². The number of carbonyl (C=O) groups excluding carboxylic acids is 2. The highest BCUT2D eigenvalue weighted by atomic mass is 16.7. The predicted molar refractivity (Wildman–Crippen MR) is 170 cm³/mol. The summed E-state index contributed by atoms with van der Waals surface area (Å²) in [7, 11) is 0. The number of hydrogen-bond acceptors (Lipinski definition) is 11. The van der Waals surface area contributed by atoms with Crippen LogP contribution in [0.4, 0.5) is 0 Å². The largest absolute Gasteiger partial charge is 0.394 e. The van der Waals surface area contributed by atoms with Gasteiger partial charge in [-0.05, 0) is 62.2 Å². The van der Waals surface area contributed by atoms with E-state index in [1.165, 1.54) is 6.92 Å². The highest BCUT2D eigenvalue weighted by molar-refractivity contribution is 5.90. The minimum atomic E-state index is -1.84. The average molecular weight is 665 g/mol. The first-order valence-corrected chi connectivity index (χ1v) is 17.1. The van der Waals surface area contributed by atoms with Gasteiger partial charge >= 0.3 is 0 Å². The molecule has 0 unspecified atom stereocenters. The molecule has 0 aromatic heterocycles. The molecule has 0 aromatic rings. The molecule has 1 heterocycles. The number of hydrogen-bond donors (Lipinski definition) is 7. The van der Waals surface area contributed by atoms with Crippen LogP contribution in [0.5, 0.6) is 0 Å². The highest BCUT2D eigenvalue weighted by Crippen LogP contribution is 2.74. The van der Waals surface area contributed by atoms with Gasteiger partial charge in [-0.15, -0.1) is 6.58 Å². The zero-order valence-corrected chi connectivity index (χ0v) is 28.8. The summed E-state index contributed by atoms with van der Waals surface area (Å²) in [6.07, 6.45) is -6.71. The molecule has 1 aliphatic heterocycles. The van der Waals surface area contributed by atoms with Crippen molar-refractivity contribution in [3.05, 3.63) is 23.8 Å². The third-order valence-electron chi connectivity index (χ3n) is 13.7. The highest BCUT2D eigenvalue weighted by Gasteiger charge is 2.74. The Morgan fingerprint density at radius 3 is 2.26 bits per heavy atom. The average Bonchev–Trinajstić information content (AvgIpc) is 3.18. The molecule has 15 atom stereocenters. The van der Waals surface area contributed by atoms with Crippen LogP contribution in [0.2, 0.25) is 0 Å². The van der Waals surface area contributed by atoms with Crippen LogP contribution in [0.15, 0.2) is 23.8 Å². The van der Waals surface area contributed by atoms with Gasteiger partial charge in [0.05, 0.1) is 24.9 Å². The van der Waals surface area contributed by atoms with E-state index in [0.29, 0.717) is 19.3 Å². The number of ketones is 2. The van der Waals surface area contributed by atoms with Crippen molar-refractivity contribution in [2.24, 2.45) is 39.4 Å². The molecule has 0 bridgehead atoms. The Morgan fingerprint density at radius 2 is 1.66 bits per heavy atom. The number of carbonyl (C=O) groups is 2. The van der Waals surface area contributed by atoms with E-state index in [-0.39, 0.29) is 42.7 Å². The van der Waals surface area contributed by atoms with E-state index >= 15 is 0 Å². The van der Waals surface area contributed by atoms with Gasteiger partial charge in [0.15, 0.2) is 12.1 Å². The number of rotatable bonds is 8. The second-order valence-electron chi connectivity index (χ2n) is 16.8. The fraction of sp³-hybridized carbons (Fsp3) is 0.833. The summed E-state index contributed by atoms with van der Waals surface area (Å²) in [6.45, 7) is 16.3. The number of Topliss-reactive ketones (excluding diaryl/α,β-unsaturated/α-hetero) is 2. The zero-order valence-electron chi connectivity index (χ0n) is 28.8. The molecule has 11 heteroatoms. The first kappa shape index (κ1) is 36.7. The van der Waals surface area contributed by atoms with Gasteiger partial charge in [0, 0.05) is 29.6 Å². The van der Waals surface area contributed by atoms with E-state index in [2.05, 4.69) is 19.6 Å². The van der Waals surface area contributed by atoms with Crippen LogP contribution in [0, 0.1) is 39.4 Å². The SMILES string of the molecule is C=C(C)CCC(=O)[C@](C)(O)[C@@H]1[C@H](O)C[C@@]2(C)[C@@H]3CC=C4[C@@H](C[C@H](O)[C@@H](O[C@@H]5O[C@H](CO)[C@@H](O)[C@H](O)[C@H]5O)C4(C)C)[C@]3(C)C(=O)C[C@]12C. The van der Waals surface area contributed by atoms with Crippen molar-refractivity contribution in [2.75, 3.05) is 6.61 Å². The van der Waals surface area contributed by atoms with Gasteiger partial charge in [-0.3, -0.25) is 9.59 Å². The van der Waals surface area contributed by atoms with Gasteiger partial charge < -0.3 is 45.2 Å². The summed E-state index contributed by atoms with van der Waals surface area (Å²) in [6, 6.07) is 0. The van der Waals surface area contributed by atoms with Crippen LogP contribution >= 0.6 is 0 Å². The summed E-state index contributed by atoms with van der Waals surface area (Å²) in [4.78, 5) is 28.0. The summed E-state index contributed by atoms with van der Waals surface area (Å²) in [5.41, 5.74) is -3.37. The van der Waals surface area contributed by atoms with Crippen LogP contribution in [-0.4, -0.2) is 109 Å². The molecule has 1 saturated heterocycles. The fourth-order valence-corrected chi connectivity index (χ4v) is 10.9. The van der Waals surface area contributed by atoms with Gasteiger partial charge in [-0.2, -0.15) is 0 Å². The second kappa shape index (κ2) is 12.1. The third kappa shape index (κ3) is 5.26. The van der Waals surface area contributed by atoms with Crippen LogP contribution in [0.1, 0.15) is 87.0 Å². The van der Waals surface area contributed by atoms with E-state index in [1.807, 2.05) is 34.6 Å². The van der Waals surface area contributed by atoms with Crippen molar-refractivity contribution in [3.8, 4) is 0 Å². The van der Waals surface area contributed by atoms with Gasteiger partial charge in [-0.25, -0.2) is 0 Å². The van der Waals surface area contributed by atoms with Gasteiger partial charge in [-0.1, -0.05) is 51.8 Å². The Balaban J connectivity index is 1.47. The molecule has 4 aliphatic carbocycles. The number of aliphatic hydroxyl groups is 7. The topological polar surface area (TPSA) is 194 Å². The summed E-state index contributed by atoms with van der Waals surface area (Å²) < 4.78 is 11.8. The van der Waals surface area contributed by atoms with Crippen LogP contribution < -0.4 is 0 Å². The zero-order chi connectivity index (χ0) is 35.2. The fourth-order valence-electron chi connectivity index (χ4n) is 10.9. The summed E-state index contributed by atoms with van der Waals surface area (Å²) in [5.74, 6) is -1.87. The molecule has 0 aromatic carbocycles. The Bertz CT molecular complexity index is 1310. The van der Waals surface area contributed by atoms with Crippen molar-refractivity contribution in [1.29, 1.82) is 0 Å². The van der Waals surface area contributed by atoms with Crippen molar-refractivity contribution >= 4 is 11.6 Å². The molecule has 11 nitrogen and oxygen atoms in total. The lowest BCUT2D eigenvalue weighted by atomic mass is 9.38. The first-order valence-electron chi connectivity index (χ1n) is 17.1. The lowest BCUT2D eigenvalue weighted by molar-refractivity contribution is -0.327. The maximum absolute atomic E-state index is 14.6. The Kier molecular flexibility index (Phi) is 9.42. The van der Waals surface area contributed by atoms with E-state index in [4.69, 9.17) is 9.47 Å². The van der Waals surface area contributed by atoms with E-state index < -0.39 is 88.8 Å². The molecule has 0 spiro atoms. The lowest BCUT2D eigenvalue weighted by Gasteiger charge is -2.65. The maximum Gasteiger partial charge on any atom is 0.187 e. The molecule has 4 fully saturated rings. The molecule has 5 aliphatic rings. The number of fused-ring (bicyclic) bond motifs is 5. The quantitative estimate of drug-likeness (QED) is 0.186. The Hall–Kier alpha value is -1.54. The molecule has 7 N–H and O–H groups in total. The number of ether oxygens (including phenoxy) is 2. The second-order valence-corrected chi connectivity index (χ2v) is 16.8. The van der Waals surface area contributed by atoms with Crippen LogP contribution in [0.25, 0.3) is 0 Å². The van der Waals surface area contributed by atoms with Crippen molar-refractivity contribution in [2.45, 2.75) is 142 Å². The van der Waals surface area contributed by atoms with Crippen LogP contribution in [0.3, 0.4) is 0 Å². The molecule has 5 rings (SSSR count). The van der Waals surface area contributed by atoms with Crippen molar-refractivity contribution in [3.63, 3.8) is 0 Å². The van der Waals surface area contributed by atoms with E-state index in [9.17, 15) is 45.3 Å². The van der Waals surface area contributed by atoms with E-state index in [0.717, 1.165) is 11.1 Å². The predicted octanol–water partition coefficient (Wildman–Crippen LogP) is 1.57. The lowest BCUT2D eigenvalue weighted by Crippen LogP contribution is -2.66. The van der Waals surface area contributed by atoms with Crippen molar-refractivity contribution < 1.29 is 54.8 Å². The molecule has 47 heavy (non-hydrogen) atoms. The van der Waals surface area contributed by atoms with Gasteiger partial charge in [0.2, 0.25) is 0 Å². The Labute approximate surface area is 277 Å². The summed E-state index contributed by atoms with van der Waals surface area (Å²) in [5, 5.41) is 75.9. The standard InChI is InChI=1S/C36H56O11/c1-17(2)9-12-24(40)36(8,45)29-21(39)14-33(5)23-11-10-18-19(35(23,7)25(41)15-34(29,33)6)13-20(38)30(32(18,3)4)47-31-28(44)27(43)26(42)22(16-37)46-31/h10,19-23,26-31,37-39,42-45H,1,9,11-16H2,2-8H3/t19-,20+,21-,22-,23+,26-,27+,28-,29-,30-,31+,33+,34-,35+,36+/m1/s1. The van der Waals surface area contributed by atoms with Gasteiger partial charge in [0.25, 0.3) is 0 Å². The van der Waals surface area contributed by atoms with Gasteiger partial charge in [0.1, 0.15) is 35.8 Å². The molecular formula is C36H56O11. The summed E-state index contributed by atoms with van der Waals surface area (Å²) >= 11 is 0. The maximum atomic E-state index is 14.6. The molecule has 0 radical (unpaired) electrons. The smallest absolute Gasteiger partial charge is 0.187 e. The number of aliphatic hydroxyl groups excluding tert-OH is 6. The molecule has 266 valence electrons. The molecule has 0 amide bonds. The first-order chi connectivity index (χ1) is 21.6. The minimum Gasteiger partial charge on any atom is -0.394 e.